The van der Waals surface area contributed by atoms with E-state index in [0.29, 0.717) is 24.2 Å². The van der Waals surface area contributed by atoms with Crippen LogP contribution in [0, 0.1) is 17.8 Å². The fourth-order valence-electron chi connectivity index (χ4n) is 5.42. The van der Waals surface area contributed by atoms with Gasteiger partial charge < -0.3 is 18.6 Å². The Bertz CT molecular complexity index is 662. The van der Waals surface area contributed by atoms with Crippen molar-refractivity contribution in [3.8, 4) is 0 Å². The fourth-order valence-corrected chi connectivity index (χ4v) is 6.46. The van der Waals surface area contributed by atoms with Crippen LogP contribution < -0.4 is 0 Å². The number of esters is 1. The van der Waals surface area contributed by atoms with E-state index >= 15 is 0 Å². The molecule has 33 heavy (non-hydrogen) atoms. The van der Waals surface area contributed by atoms with E-state index in [9.17, 15) is 4.79 Å². The van der Waals surface area contributed by atoms with Crippen molar-refractivity contribution < 1.29 is 23.4 Å². The summed E-state index contributed by atoms with van der Waals surface area (Å²) in [4.78, 5) is 11.4. The van der Waals surface area contributed by atoms with Crippen molar-refractivity contribution in [3.63, 3.8) is 0 Å². The van der Waals surface area contributed by atoms with Gasteiger partial charge in [-0.15, -0.1) is 0 Å². The van der Waals surface area contributed by atoms with Crippen LogP contribution in [0.15, 0.2) is 11.6 Å². The van der Waals surface area contributed by atoms with Crippen LogP contribution in [0.25, 0.3) is 0 Å². The molecule has 0 N–H and O–H groups in total. The molecule has 3 aliphatic rings. The summed E-state index contributed by atoms with van der Waals surface area (Å²) in [6, 6.07) is 0. The molecule has 5 nitrogen and oxygen atoms in total. The molecule has 1 saturated heterocycles. The average molecular weight is 481 g/mol. The van der Waals surface area contributed by atoms with E-state index < -0.39 is 8.32 Å². The van der Waals surface area contributed by atoms with Crippen molar-refractivity contribution >= 4 is 14.3 Å². The Hall–Kier alpha value is -0.693. The summed E-state index contributed by atoms with van der Waals surface area (Å²) in [6.07, 6.45) is 13.2. The molecule has 1 aliphatic heterocycles. The van der Waals surface area contributed by atoms with Crippen molar-refractivity contribution in [3.05, 3.63) is 11.6 Å². The van der Waals surface area contributed by atoms with Gasteiger partial charge in [-0.25, -0.2) is 0 Å². The van der Waals surface area contributed by atoms with Crippen LogP contribution in [0.2, 0.25) is 18.1 Å². The van der Waals surface area contributed by atoms with Gasteiger partial charge >= 0.3 is 5.97 Å². The maximum Gasteiger partial charge on any atom is 0.305 e. The molecule has 2 fully saturated rings. The maximum atomic E-state index is 11.4. The van der Waals surface area contributed by atoms with Crippen molar-refractivity contribution in [2.24, 2.45) is 17.8 Å². The molecule has 0 radical (unpaired) electrons. The van der Waals surface area contributed by atoms with Gasteiger partial charge in [0.15, 0.2) is 14.6 Å². The van der Waals surface area contributed by atoms with Gasteiger partial charge in [0.1, 0.15) is 0 Å². The quantitative estimate of drug-likeness (QED) is 0.152. The molecule has 2 aliphatic carbocycles. The maximum absolute atomic E-state index is 11.4. The van der Waals surface area contributed by atoms with Crippen LogP contribution in [-0.4, -0.2) is 47.0 Å². The molecule has 0 amide bonds. The summed E-state index contributed by atoms with van der Waals surface area (Å²) >= 11 is 0. The Morgan fingerprint density at radius 3 is 2.64 bits per heavy atom. The van der Waals surface area contributed by atoms with E-state index in [1.165, 1.54) is 26.4 Å². The number of rotatable bonds is 10. The number of ether oxygens (including phenoxy) is 3. The van der Waals surface area contributed by atoms with Gasteiger partial charge in [-0.3, -0.25) is 4.79 Å². The van der Waals surface area contributed by atoms with Crippen LogP contribution in [-0.2, 0) is 23.4 Å². The highest BCUT2D eigenvalue weighted by atomic mass is 28.4. The highest BCUT2D eigenvalue weighted by Crippen LogP contribution is 2.48. The Kier molecular flexibility index (Phi) is 9.64. The zero-order valence-electron chi connectivity index (χ0n) is 22.0. The lowest BCUT2D eigenvalue weighted by Gasteiger charge is -2.39. The first-order chi connectivity index (χ1) is 15.6. The lowest BCUT2D eigenvalue weighted by Crippen LogP contribution is -2.44. The number of methoxy groups -OCH3 is 1. The molecule has 0 spiro atoms. The minimum Gasteiger partial charge on any atom is -0.469 e. The van der Waals surface area contributed by atoms with Gasteiger partial charge in [0.05, 0.1) is 13.2 Å². The van der Waals surface area contributed by atoms with Gasteiger partial charge in [0.2, 0.25) is 0 Å². The minimum atomic E-state index is -1.80. The Labute approximate surface area is 203 Å². The summed E-state index contributed by atoms with van der Waals surface area (Å²) in [5.41, 5.74) is 1.57. The lowest BCUT2D eigenvalue weighted by molar-refractivity contribution is -0.197. The highest BCUT2D eigenvalue weighted by molar-refractivity contribution is 6.74. The molecule has 3 rings (SSSR count). The number of carbonyl (C=O) groups is 1. The smallest absolute Gasteiger partial charge is 0.305 e. The zero-order chi connectivity index (χ0) is 24.1. The molecule has 5 atom stereocenters. The van der Waals surface area contributed by atoms with Crippen LogP contribution in [0.1, 0.15) is 85.0 Å². The van der Waals surface area contributed by atoms with Gasteiger partial charge in [0.25, 0.3) is 0 Å². The molecule has 0 aromatic heterocycles. The molecular weight excluding hydrogens is 432 g/mol. The van der Waals surface area contributed by atoms with E-state index in [1.54, 1.807) is 5.57 Å². The third-order valence-corrected chi connectivity index (χ3v) is 13.1. The fraction of sp³-hybridized carbons (Fsp3) is 0.889. The number of fused-ring (bicyclic) bond motifs is 1. The number of unbranched alkanes of at least 4 members (excludes halogenated alkanes) is 1. The third-order valence-electron chi connectivity index (χ3n) is 8.59. The second-order valence-electron chi connectivity index (χ2n) is 11.9. The van der Waals surface area contributed by atoms with Crippen molar-refractivity contribution in [2.75, 3.05) is 20.3 Å². The van der Waals surface area contributed by atoms with E-state index in [1.807, 2.05) is 0 Å². The Morgan fingerprint density at radius 1 is 1.18 bits per heavy atom. The largest absolute Gasteiger partial charge is 0.469 e. The monoisotopic (exact) mass is 480 g/mol. The molecule has 190 valence electrons. The normalized spacial score (nSPS) is 30.6. The van der Waals surface area contributed by atoms with Crippen LogP contribution in [0.3, 0.4) is 0 Å². The minimum absolute atomic E-state index is 0.0407. The Morgan fingerprint density at radius 2 is 1.97 bits per heavy atom. The average Bonchev–Trinajstić information content (AvgIpc) is 3.11. The van der Waals surface area contributed by atoms with Gasteiger partial charge in [-0.05, 0) is 87.8 Å². The molecule has 6 heteroatoms. The van der Waals surface area contributed by atoms with Gasteiger partial charge in [-0.1, -0.05) is 32.4 Å². The molecule has 1 saturated carbocycles. The summed E-state index contributed by atoms with van der Waals surface area (Å²) in [7, 11) is -0.332. The number of carbonyl (C=O) groups excluding carboxylic acids is 1. The van der Waals surface area contributed by atoms with E-state index in [4.69, 9.17) is 18.6 Å². The van der Waals surface area contributed by atoms with Crippen LogP contribution in [0.4, 0.5) is 0 Å². The van der Waals surface area contributed by atoms with Crippen molar-refractivity contribution in [1.82, 2.24) is 0 Å². The zero-order valence-corrected chi connectivity index (χ0v) is 23.0. The Balaban J connectivity index is 1.62. The highest BCUT2D eigenvalue weighted by Gasteiger charge is 2.47. The first-order valence-corrected chi connectivity index (χ1v) is 16.2. The van der Waals surface area contributed by atoms with E-state index in [0.717, 1.165) is 51.7 Å². The van der Waals surface area contributed by atoms with Crippen LogP contribution >= 0.6 is 0 Å². The molecule has 0 bridgehead atoms. The SMILES string of the molecule is COC(=O)CCCCC1=C[C@@H]2C[C@@H](OC3CCCCO3)[C@@H](CO[Si](C)(C)C(C)(C)C)[C@@H]2CC1. The molecule has 1 heterocycles. The predicted molar refractivity (Wildman–Crippen MR) is 135 cm³/mol. The molecular formula is C27H48O5Si. The number of hydrogen-bond donors (Lipinski definition) is 0. The predicted octanol–water partition coefficient (Wildman–Crippen LogP) is 6.63. The first-order valence-electron chi connectivity index (χ1n) is 13.3. The lowest BCUT2D eigenvalue weighted by atomic mass is 9.78. The topological polar surface area (TPSA) is 54.0 Å². The standard InChI is InChI=1S/C27H48O5Si/c1-27(2,3)33(5,6)31-19-23-22-15-14-20(11-7-8-12-25(28)29-4)17-21(22)18-24(23)32-26-13-9-10-16-30-26/h17,21-24,26H,7-16,18-19H2,1-6H3/t21-,22-,23+,24-,26?/m1/s1. The van der Waals surface area contributed by atoms with Crippen molar-refractivity contribution in [2.45, 2.75) is 116 Å². The number of allylic oxidation sites excluding steroid dienone is 2. The van der Waals surface area contributed by atoms with Gasteiger partial charge in [-0.2, -0.15) is 0 Å². The second-order valence-corrected chi connectivity index (χ2v) is 16.7. The van der Waals surface area contributed by atoms with Crippen LogP contribution in [0.5, 0.6) is 0 Å². The van der Waals surface area contributed by atoms with E-state index in [-0.39, 0.29) is 23.4 Å². The first kappa shape index (κ1) is 26.9. The second kappa shape index (κ2) is 11.8. The van der Waals surface area contributed by atoms with Gasteiger partial charge in [0, 0.05) is 25.6 Å². The number of hydrogen-bond acceptors (Lipinski definition) is 5. The summed E-state index contributed by atoms with van der Waals surface area (Å²) < 4.78 is 24.1. The summed E-state index contributed by atoms with van der Waals surface area (Å²) in [5.74, 6) is 1.57. The third kappa shape index (κ3) is 7.39. The molecule has 0 aromatic rings. The van der Waals surface area contributed by atoms with Crippen molar-refractivity contribution in [1.29, 1.82) is 0 Å². The summed E-state index contributed by atoms with van der Waals surface area (Å²) in [5, 5.41) is 0.220. The van der Waals surface area contributed by atoms with E-state index in [2.05, 4.69) is 39.9 Å². The summed E-state index contributed by atoms with van der Waals surface area (Å²) in [6.45, 7) is 13.3. The molecule has 0 aromatic carbocycles. The molecule has 1 unspecified atom stereocenters.